The van der Waals surface area contributed by atoms with Crippen molar-refractivity contribution in [3.8, 4) is 5.75 Å². The largest absolute Gasteiger partial charge is 0.496 e. The SMILES string of the molecule is COc1ccccc1[C@H]1CC(c2ccccc2)=NN1c1ccccc1. The lowest BCUT2D eigenvalue weighted by atomic mass is 9.97. The molecule has 0 aliphatic carbocycles. The normalized spacial score (nSPS) is 16.6. The third kappa shape index (κ3) is 3.01. The average molecular weight is 328 g/mol. The molecule has 0 saturated heterocycles. The summed E-state index contributed by atoms with van der Waals surface area (Å²) < 4.78 is 5.61. The zero-order chi connectivity index (χ0) is 17.1. The van der Waals surface area contributed by atoms with Crippen molar-refractivity contribution in [2.24, 2.45) is 5.10 Å². The third-order valence-corrected chi connectivity index (χ3v) is 4.54. The summed E-state index contributed by atoms with van der Waals surface area (Å²) in [6.45, 7) is 0. The molecule has 0 fully saturated rings. The first-order chi connectivity index (χ1) is 12.4. The van der Waals surface area contributed by atoms with Crippen LogP contribution in [0.2, 0.25) is 0 Å². The smallest absolute Gasteiger partial charge is 0.124 e. The molecule has 3 aromatic carbocycles. The van der Waals surface area contributed by atoms with Crippen LogP contribution in [0.15, 0.2) is 90.0 Å². The second kappa shape index (κ2) is 6.81. The fraction of sp³-hybridized carbons (Fsp3) is 0.136. The first-order valence-corrected chi connectivity index (χ1v) is 8.47. The lowest BCUT2D eigenvalue weighted by Crippen LogP contribution is -2.19. The van der Waals surface area contributed by atoms with Crippen molar-refractivity contribution in [3.05, 3.63) is 96.1 Å². The van der Waals surface area contributed by atoms with E-state index in [1.54, 1.807) is 7.11 Å². The number of hydrazone groups is 1. The molecule has 0 aromatic heterocycles. The number of benzene rings is 3. The number of ether oxygens (including phenoxy) is 1. The Labute approximate surface area is 148 Å². The van der Waals surface area contributed by atoms with Crippen LogP contribution in [0.25, 0.3) is 0 Å². The van der Waals surface area contributed by atoms with Crippen LogP contribution in [0.4, 0.5) is 5.69 Å². The van der Waals surface area contributed by atoms with E-state index in [1.807, 2.05) is 36.4 Å². The van der Waals surface area contributed by atoms with Gasteiger partial charge >= 0.3 is 0 Å². The first kappa shape index (κ1) is 15.5. The van der Waals surface area contributed by atoms with Gasteiger partial charge in [0.1, 0.15) is 5.75 Å². The number of nitrogens with zero attached hydrogens (tertiary/aromatic N) is 2. The molecule has 0 amide bonds. The molecule has 0 saturated carbocycles. The lowest BCUT2D eigenvalue weighted by Gasteiger charge is -2.25. The Morgan fingerprint density at radius 1 is 0.840 bits per heavy atom. The van der Waals surface area contributed by atoms with Gasteiger partial charge in [-0.15, -0.1) is 0 Å². The maximum absolute atomic E-state index is 5.61. The number of rotatable bonds is 4. The molecule has 0 unspecified atom stereocenters. The average Bonchev–Trinajstić information content (AvgIpc) is 3.14. The van der Waals surface area contributed by atoms with Crippen molar-refractivity contribution < 1.29 is 4.74 Å². The zero-order valence-electron chi connectivity index (χ0n) is 14.2. The molecule has 0 N–H and O–H groups in total. The van der Waals surface area contributed by atoms with Gasteiger partial charge in [-0.05, 0) is 23.8 Å². The van der Waals surface area contributed by atoms with E-state index in [-0.39, 0.29) is 6.04 Å². The van der Waals surface area contributed by atoms with Crippen LogP contribution < -0.4 is 9.75 Å². The summed E-state index contributed by atoms with van der Waals surface area (Å²) in [6, 6.07) is 29.0. The van der Waals surface area contributed by atoms with Gasteiger partial charge in [-0.2, -0.15) is 5.10 Å². The Balaban J connectivity index is 1.78. The van der Waals surface area contributed by atoms with Crippen LogP contribution in [-0.2, 0) is 0 Å². The summed E-state index contributed by atoms with van der Waals surface area (Å²) in [5, 5.41) is 7.07. The molecule has 3 nitrogen and oxygen atoms in total. The van der Waals surface area contributed by atoms with Crippen LogP contribution in [-0.4, -0.2) is 12.8 Å². The van der Waals surface area contributed by atoms with Gasteiger partial charge in [0.2, 0.25) is 0 Å². The highest BCUT2D eigenvalue weighted by molar-refractivity contribution is 6.03. The number of hydrogen-bond acceptors (Lipinski definition) is 3. The summed E-state index contributed by atoms with van der Waals surface area (Å²) in [6.07, 6.45) is 0.847. The predicted octanol–water partition coefficient (Wildman–Crippen LogP) is 5.05. The minimum Gasteiger partial charge on any atom is -0.496 e. The van der Waals surface area contributed by atoms with Crippen molar-refractivity contribution in [1.82, 2.24) is 0 Å². The molecule has 0 bridgehead atoms. The zero-order valence-corrected chi connectivity index (χ0v) is 14.2. The van der Waals surface area contributed by atoms with E-state index in [0.29, 0.717) is 0 Å². The van der Waals surface area contributed by atoms with Crippen LogP contribution in [0.3, 0.4) is 0 Å². The summed E-state index contributed by atoms with van der Waals surface area (Å²) >= 11 is 0. The Morgan fingerprint density at radius 3 is 2.20 bits per heavy atom. The molecule has 0 spiro atoms. The number of methoxy groups -OCH3 is 1. The standard InChI is InChI=1S/C22H20N2O/c1-25-22-15-9-8-14-19(22)21-16-20(17-10-4-2-5-11-17)23-24(21)18-12-6-3-7-13-18/h2-15,21H,16H2,1H3/t21-/m1/s1. The Bertz CT molecular complexity index is 875. The highest BCUT2D eigenvalue weighted by atomic mass is 16.5. The van der Waals surface area contributed by atoms with E-state index >= 15 is 0 Å². The highest BCUT2D eigenvalue weighted by Gasteiger charge is 2.31. The molecule has 1 aliphatic rings. The van der Waals surface area contributed by atoms with Gasteiger partial charge < -0.3 is 4.74 Å². The van der Waals surface area contributed by atoms with Gasteiger partial charge in [-0.25, -0.2) is 0 Å². The highest BCUT2D eigenvalue weighted by Crippen LogP contribution is 2.39. The van der Waals surface area contributed by atoms with Gasteiger partial charge in [-0.1, -0.05) is 66.7 Å². The molecular weight excluding hydrogens is 308 g/mol. The summed E-state index contributed by atoms with van der Waals surface area (Å²) in [5.74, 6) is 0.901. The molecule has 0 radical (unpaired) electrons. The minimum absolute atomic E-state index is 0.119. The van der Waals surface area contributed by atoms with E-state index < -0.39 is 0 Å². The number of hydrogen-bond donors (Lipinski definition) is 0. The van der Waals surface area contributed by atoms with E-state index in [4.69, 9.17) is 9.84 Å². The number of para-hydroxylation sites is 2. The topological polar surface area (TPSA) is 24.8 Å². The van der Waals surface area contributed by atoms with Crippen molar-refractivity contribution in [1.29, 1.82) is 0 Å². The molecule has 4 rings (SSSR count). The first-order valence-electron chi connectivity index (χ1n) is 8.47. The summed E-state index contributed by atoms with van der Waals surface area (Å²) in [7, 11) is 1.72. The molecule has 3 heteroatoms. The van der Waals surface area contributed by atoms with E-state index in [2.05, 4.69) is 53.5 Å². The van der Waals surface area contributed by atoms with Crippen LogP contribution in [0, 0.1) is 0 Å². The fourth-order valence-corrected chi connectivity index (χ4v) is 3.32. The molecular formula is C22H20N2O. The van der Waals surface area contributed by atoms with E-state index in [0.717, 1.165) is 29.1 Å². The van der Waals surface area contributed by atoms with E-state index in [9.17, 15) is 0 Å². The quantitative estimate of drug-likeness (QED) is 0.669. The molecule has 1 aliphatic heterocycles. The fourth-order valence-electron chi connectivity index (χ4n) is 3.32. The van der Waals surface area contributed by atoms with E-state index in [1.165, 1.54) is 5.56 Å². The Morgan fingerprint density at radius 2 is 1.48 bits per heavy atom. The maximum Gasteiger partial charge on any atom is 0.124 e. The van der Waals surface area contributed by atoms with Crippen LogP contribution in [0.5, 0.6) is 5.75 Å². The maximum atomic E-state index is 5.61. The van der Waals surface area contributed by atoms with Crippen molar-refractivity contribution in [2.75, 3.05) is 12.1 Å². The van der Waals surface area contributed by atoms with Crippen molar-refractivity contribution in [3.63, 3.8) is 0 Å². The van der Waals surface area contributed by atoms with Gasteiger partial charge in [-0.3, -0.25) is 5.01 Å². The molecule has 1 heterocycles. The van der Waals surface area contributed by atoms with Crippen LogP contribution in [0.1, 0.15) is 23.6 Å². The monoisotopic (exact) mass is 328 g/mol. The molecule has 1 atom stereocenters. The molecule has 124 valence electrons. The second-order valence-electron chi connectivity index (χ2n) is 6.05. The van der Waals surface area contributed by atoms with Gasteiger partial charge in [0.25, 0.3) is 0 Å². The Hall–Kier alpha value is -3.07. The molecule has 25 heavy (non-hydrogen) atoms. The van der Waals surface area contributed by atoms with Gasteiger partial charge in [0, 0.05) is 12.0 Å². The van der Waals surface area contributed by atoms with Crippen molar-refractivity contribution in [2.45, 2.75) is 12.5 Å². The number of anilines is 1. The lowest BCUT2D eigenvalue weighted by molar-refractivity contribution is 0.405. The second-order valence-corrected chi connectivity index (χ2v) is 6.05. The Kier molecular flexibility index (Phi) is 4.21. The van der Waals surface area contributed by atoms with Gasteiger partial charge in [0.05, 0.1) is 24.6 Å². The predicted molar refractivity (Wildman–Crippen MR) is 102 cm³/mol. The summed E-state index contributed by atoms with van der Waals surface area (Å²) in [5.41, 5.74) is 4.51. The summed E-state index contributed by atoms with van der Waals surface area (Å²) in [4.78, 5) is 0. The molecule has 3 aromatic rings. The minimum atomic E-state index is 0.119. The van der Waals surface area contributed by atoms with Crippen molar-refractivity contribution >= 4 is 11.4 Å². The van der Waals surface area contributed by atoms with Crippen LogP contribution >= 0.6 is 0 Å². The van der Waals surface area contributed by atoms with Gasteiger partial charge in [0.15, 0.2) is 0 Å². The third-order valence-electron chi connectivity index (χ3n) is 4.54.